The first kappa shape index (κ1) is 11.1. The summed E-state index contributed by atoms with van der Waals surface area (Å²) in [5.41, 5.74) is 2.57. The summed E-state index contributed by atoms with van der Waals surface area (Å²) in [6.07, 6.45) is 7.14. The first-order chi connectivity index (χ1) is 8.34. The minimum Gasteiger partial charge on any atom is -0.391 e. The maximum atomic E-state index is 10.5. The fraction of sp³-hybridized carbons (Fsp3) is 0.600. The van der Waals surface area contributed by atoms with Crippen molar-refractivity contribution in [1.82, 2.24) is 0 Å². The van der Waals surface area contributed by atoms with Crippen molar-refractivity contribution < 1.29 is 5.11 Å². The fourth-order valence-electron chi connectivity index (χ4n) is 3.34. The minimum atomic E-state index is -0.178. The average Bonchev–Trinajstić information content (AvgIpc) is 2.82. The molecular weight excluding hydrogens is 210 g/mol. The van der Waals surface area contributed by atoms with E-state index in [0.717, 1.165) is 6.42 Å². The molecule has 2 heteroatoms. The van der Waals surface area contributed by atoms with Crippen molar-refractivity contribution in [3.63, 3.8) is 0 Å². The molecule has 0 bridgehead atoms. The lowest BCUT2D eigenvalue weighted by atomic mass is 9.82. The van der Waals surface area contributed by atoms with Gasteiger partial charge in [-0.1, -0.05) is 37.5 Å². The first-order valence-corrected chi connectivity index (χ1v) is 6.87. The highest BCUT2D eigenvalue weighted by atomic mass is 16.3. The molecule has 0 radical (unpaired) electrons. The van der Waals surface area contributed by atoms with E-state index in [4.69, 9.17) is 0 Å². The Balaban J connectivity index is 1.67. The number of rotatable bonds is 2. The van der Waals surface area contributed by atoms with E-state index >= 15 is 0 Å². The van der Waals surface area contributed by atoms with Gasteiger partial charge in [0.15, 0.2) is 0 Å². The predicted molar refractivity (Wildman–Crippen MR) is 70.1 cm³/mol. The SMILES string of the molecule is OC(C1CCCCC1)C1Cc2ccccc2N1. The molecule has 0 amide bonds. The van der Waals surface area contributed by atoms with Crippen molar-refractivity contribution in [1.29, 1.82) is 0 Å². The zero-order valence-electron chi connectivity index (χ0n) is 10.2. The minimum absolute atomic E-state index is 0.178. The van der Waals surface area contributed by atoms with E-state index in [2.05, 4.69) is 29.6 Å². The Morgan fingerprint density at radius 2 is 1.88 bits per heavy atom. The molecule has 2 N–H and O–H groups in total. The second kappa shape index (κ2) is 4.69. The molecule has 92 valence electrons. The fourth-order valence-corrected chi connectivity index (χ4v) is 3.34. The third-order valence-corrected chi connectivity index (χ3v) is 4.34. The molecule has 1 aliphatic carbocycles. The van der Waals surface area contributed by atoms with E-state index in [-0.39, 0.29) is 12.1 Å². The zero-order valence-corrected chi connectivity index (χ0v) is 10.2. The van der Waals surface area contributed by atoms with Crippen molar-refractivity contribution in [3.05, 3.63) is 29.8 Å². The number of aliphatic hydroxyl groups is 1. The van der Waals surface area contributed by atoms with Gasteiger partial charge in [-0.2, -0.15) is 0 Å². The molecule has 17 heavy (non-hydrogen) atoms. The average molecular weight is 231 g/mol. The summed E-state index contributed by atoms with van der Waals surface area (Å²) in [7, 11) is 0. The smallest absolute Gasteiger partial charge is 0.0772 e. The third kappa shape index (κ3) is 2.19. The highest BCUT2D eigenvalue weighted by Crippen LogP contribution is 2.33. The highest BCUT2D eigenvalue weighted by molar-refractivity contribution is 5.56. The summed E-state index contributed by atoms with van der Waals surface area (Å²) in [6, 6.07) is 8.64. The topological polar surface area (TPSA) is 32.3 Å². The summed E-state index contributed by atoms with van der Waals surface area (Å²) in [5.74, 6) is 0.510. The summed E-state index contributed by atoms with van der Waals surface area (Å²) in [5, 5.41) is 14.0. The number of anilines is 1. The van der Waals surface area contributed by atoms with E-state index in [1.54, 1.807) is 0 Å². The summed E-state index contributed by atoms with van der Waals surface area (Å²) < 4.78 is 0. The van der Waals surface area contributed by atoms with E-state index in [9.17, 15) is 5.11 Å². The van der Waals surface area contributed by atoms with Crippen LogP contribution in [0.5, 0.6) is 0 Å². The number of fused-ring (bicyclic) bond motifs is 1. The molecule has 1 aromatic rings. The van der Waals surface area contributed by atoms with Crippen LogP contribution in [0, 0.1) is 5.92 Å². The third-order valence-electron chi connectivity index (χ3n) is 4.34. The molecule has 0 aromatic heterocycles. The van der Waals surface area contributed by atoms with Crippen LogP contribution in [-0.4, -0.2) is 17.3 Å². The number of hydrogen-bond donors (Lipinski definition) is 2. The number of nitrogens with one attached hydrogen (secondary N) is 1. The van der Waals surface area contributed by atoms with E-state index in [1.807, 2.05) is 0 Å². The lowest BCUT2D eigenvalue weighted by molar-refractivity contribution is 0.0696. The van der Waals surface area contributed by atoms with Crippen LogP contribution in [-0.2, 0) is 6.42 Å². The molecule has 2 nitrogen and oxygen atoms in total. The second-order valence-corrected chi connectivity index (χ2v) is 5.50. The van der Waals surface area contributed by atoms with E-state index in [1.165, 1.54) is 43.4 Å². The standard InChI is InChI=1S/C15H21NO/c17-15(11-6-2-1-3-7-11)14-10-12-8-4-5-9-13(12)16-14/h4-5,8-9,11,14-17H,1-3,6-7,10H2. The van der Waals surface area contributed by atoms with E-state index < -0.39 is 0 Å². The van der Waals surface area contributed by atoms with Crippen molar-refractivity contribution in [3.8, 4) is 0 Å². The van der Waals surface area contributed by atoms with E-state index in [0.29, 0.717) is 5.92 Å². The maximum Gasteiger partial charge on any atom is 0.0772 e. The molecule has 0 saturated heterocycles. The van der Waals surface area contributed by atoms with Crippen LogP contribution in [0.25, 0.3) is 0 Å². The van der Waals surface area contributed by atoms with Gasteiger partial charge in [0.1, 0.15) is 0 Å². The van der Waals surface area contributed by atoms with Crippen LogP contribution in [0.15, 0.2) is 24.3 Å². The van der Waals surface area contributed by atoms with Crippen LogP contribution >= 0.6 is 0 Å². The van der Waals surface area contributed by atoms with Crippen LogP contribution < -0.4 is 5.32 Å². The van der Waals surface area contributed by atoms with Gasteiger partial charge in [-0.05, 0) is 36.8 Å². The van der Waals surface area contributed by atoms with Gasteiger partial charge in [-0.3, -0.25) is 0 Å². The summed E-state index contributed by atoms with van der Waals surface area (Å²) in [6.45, 7) is 0. The van der Waals surface area contributed by atoms with Gasteiger partial charge in [0.2, 0.25) is 0 Å². The Labute approximate surface area is 103 Å². The van der Waals surface area contributed by atoms with Crippen LogP contribution in [0.3, 0.4) is 0 Å². The molecule has 3 rings (SSSR count). The van der Waals surface area contributed by atoms with Crippen molar-refractivity contribution in [2.75, 3.05) is 5.32 Å². The van der Waals surface area contributed by atoms with Gasteiger partial charge in [-0.25, -0.2) is 0 Å². The monoisotopic (exact) mass is 231 g/mol. The van der Waals surface area contributed by atoms with Gasteiger partial charge in [0.25, 0.3) is 0 Å². The Morgan fingerprint density at radius 3 is 2.65 bits per heavy atom. The van der Waals surface area contributed by atoms with Gasteiger partial charge in [0.05, 0.1) is 12.1 Å². The van der Waals surface area contributed by atoms with Crippen LogP contribution in [0.1, 0.15) is 37.7 Å². The number of para-hydroxylation sites is 1. The van der Waals surface area contributed by atoms with Gasteiger partial charge < -0.3 is 10.4 Å². The molecule has 1 heterocycles. The van der Waals surface area contributed by atoms with Gasteiger partial charge in [-0.15, -0.1) is 0 Å². The van der Waals surface area contributed by atoms with Crippen LogP contribution in [0.4, 0.5) is 5.69 Å². The summed E-state index contributed by atoms with van der Waals surface area (Å²) in [4.78, 5) is 0. The Kier molecular flexibility index (Phi) is 3.06. The van der Waals surface area contributed by atoms with Crippen molar-refractivity contribution in [2.45, 2.75) is 50.7 Å². The maximum absolute atomic E-state index is 10.5. The molecule has 0 spiro atoms. The lowest BCUT2D eigenvalue weighted by Gasteiger charge is -2.30. The van der Waals surface area contributed by atoms with Gasteiger partial charge >= 0.3 is 0 Å². The highest BCUT2D eigenvalue weighted by Gasteiger charge is 2.32. The molecule has 2 unspecified atom stereocenters. The molecular formula is C15H21NO. The predicted octanol–water partition coefficient (Wildman–Crippen LogP) is 2.96. The molecule has 2 atom stereocenters. The van der Waals surface area contributed by atoms with Gasteiger partial charge in [0, 0.05) is 5.69 Å². The number of benzene rings is 1. The molecule has 1 aromatic carbocycles. The Morgan fingerprint density at radius 1 is 1.12 bits per heavy atom. The largest absolute Gasteiger partial charge is 0.391 e. The molecule has 1 aliphatic heterocycles. The quantitative estimate of drug-likeness (QED) is 0.820. The lowest BCUT2D eigenvalue weighted by Crippen LogP contribution is -2.38. The normalized spacial score (nSPS) is 26.3. The summed E-state index contributed by atoms with van der Waals surface area (Å²) >= 11 is 0. The van der Waals surface area contributed by atoms with Crippen molar-refractivity contribution in [2.24, 2.45) is 5.92 Å². The number of hydrogen-bond acceptors (Lipinski definition) is 2. The van der Waals surface area contributed by atoms with Crippen molar-refractivity contribution >= 4 is 5.69 Å². The Bertz CT molecular complexity index is 359. The zero-order chi connectivity index (χ0) is 11.7. The second-order valence-electron chi connectivity index (χ2n) is 5.50. The Hall–Kier alpha value is -1.02. The molecule has 2 aliphatic rings. The molecule has 1 fully saturated rings. The molecule has 1 saturated carbocycles. The first-order valence-electron chi connectivity index (χ1n) is 6.87. The number of aliphatic hydroxyl groups excluding tert-OH is 1. The van der Waals surface area contributed by atoms with Crippen LogP contribution in [0.2, 0.25) is 0 Å².